The van der Waals surface area contributed by atoms with Gasteiger partial charge in [-0.25, -0.2) is 12.8 Å². The van der Waals surface area contributed by atoms with E-state index >= 15 is 0 Å². The molecule has 0 saturated heterocycles. The molecule has 0 amide bonds. The van der Waals surface area contributed by atoms with Crippen LogP contribution in [0.1, 0.15) is 29.3 Å². The van der Waals surface area contributed by atoms with Crippen LogP contribution >= 0.6 is 0 Å². The van der Waals surface area contributed by atoms with Crippen LogP contribution in [0.5, 0.6) is 0 Å². The number of sulfonamides is 1. The molecule has 0 aliphatic carbocycles. The molecule has 1 aliphatic heterocycles. The van der Waals surface area contributed by atoms with Crippen molar-refractivity contribution in [3.8, 4) is 0 Å². The van der Waals surface area contributed by atoms with Crippen molar-refractivity contribution >= 4 is 18.3 Å². The molecule has 0 fully saturated rings. The summed E-state index contributed by atoms with van der Waals surface area (Å²) in [5, 5.41) is 0. The minimum absolute atomic E-state index is 0.110. The maximum Gasteiger partial charge on any atom is 0.433 e. The van der Waals surface area contributed by atoms with Crippen molar-refractivity contribution in [3.05, 3.63) is 71.0 Å². The Balaban J connectivity index is 2.07. The maximum absolute atomic E-state index is 14.8. The Bertz CT molecular complexity index is 1110. The topological polar surface area (TPSA) is 59.5 Å². The fourth-order valence-electron chi connectivity index (χ4n) is 3.59. The number of rotatable bonds is 5. The first kappa shape index (κ1) is 24.4. The van der Waals surface area contributed by atoms with E-state index in [2.05, 4.69) is 4.98 Å². The second-order valence-electron chi connectivity index (χ2n) is 8.53. The molecule has 0 radical (unpaired) electrons. The molecule has 0 saturated carbocycles. The van der Waals surface area contributed by atoms with Gasteiger partial charge in [0.1, 0.15) is 16.4 Å². The smallest absolute Gasteiger partial charge is 0.433 e. The fourth-order valence-corrected chi connectivity index (χ4v) is 6.02. The largest absolute Gasteiger partial charge is 0.547 e. The van der Waals surface area contributed by atoms with Crippen LogP contribution in [0.15, 0.2) is 53.3 Å². The maximum atomic E-state index is 14.8. The molecule has 0 bridgehead atoms. The quantitative estimate of drug-likeness (QED) is 0.417. The van der Waals surface area contributed by atoms with Crippen LogP contribution in [0.25, 0.3) is 0 Å². The third-order valence-corrected chi connectivity index (χ3v) is 7.65. The molecule has 3 rings (SSSR count). The zero-order chi connectivity index (χ0) is 23.9. The number of halogens is 4. The lowest BCUT2D eigenvalue weighted by molar-refractivity contribution is -0.141. The molecule has 1 aromatic heterocycles. The van der Waals surface area contributed by atoms with Gasteiger partial charge in [0.15, 0.2) is 0 Å². The second kappa shape index (κ2) is 8.60. The van der Waals surface area contributed by atoms with Crippen molar-refractivity contribution in [2.45, 2.75) is 50.1 Å². The van der Waals surface area contributed by atoms with E-state index < -0.39 is 47.0 Å². The first-order valence-corrected chi connectivity index (χ1v) is 14.7. The molecule has 5 nitrogen and oxygen atoms in total. The average Bonchev–Trinajstić information content (AvgIpc) is 2.66. The SMILES string of the molecule is Cc1cccc(F)c1C1CC(O[Si](C)(C)C)=CCN1S(=O)(=O)c1ccc(C(F)(F)F)nc1. The van der Waals surface area contributed by atoms with Gasteiger partial charge in [0, 0.05) is 24.7 Å². The summed E-state index contributed by atoms with van der Waals surface area (Å²) < 4.78 is 87.2. The predicted octanol–water partition coefficient (Wildman–Crippen LogP) is 5.42. The van der Waals surface area contributed by atoms with E-state index in [0.29, 0.717) is 23.6 Å². The third-order valence-electron chi connectivity index (χ3n) is 4.92. The number of hydrogen-bond acceptors (Lipinski definition) is 4. The monoisotopic (exact) mass is 488 g/mol. The molecule has 0 N–H and O–H groups in total. The van der Waals surface area contributed by atoms with Crippen molar-refractivity contribution in [2.24, 2.45) is 0 Å². The Morgan fingerprint density at radius 1 is 1.16 bits per heavy atom. The number of hydrogen-bond donors (Lipinski definition) is 0. The number of benzene rings is 1. The summed E-state index contributed by atoms with van der Waals surface area (Å²) in [5.74, 6) is 0.0174. The highest BCUT2D eigenvalue weighted by Gasteiger charge is 2.39. The van der Waals surface area contributed by atoms with E-state index in [1.54, 1.807) is 19.1 Å². The number of aryl methyl sites for hydroxylation is 1. The van der Waals surface area contributed by atoms with Gasteiger partial charge in [-0.2, -0.15) is 17.5 Å². The highest BCUT2D eigenvalue weighted by Crippen LogP contribution is 2.39. The lowest BCUT2D eigenvalue weighted by Gasteiger charge is -2.37. The molecule has 11 heteroatoms. The van der Waals surface area contributed by atoms with Crippen LogP contribution in [0, 0.1) is 12.7 Å². The molecule has 0 spiro atoms. The van der Waals surface area contributed by atoms with Gasteiger partial charge in [0.25, 0.3) is 0 Å². The van der Waals surface area contributed by atoms with Gasteiger partial charge in [0.05, 0.1) is 11.8 Å². The first-order valence-electron chi connectivity index (χ1n) is 9.88. The molecular weight excluding hydrogens is 464 g/mol. The van der Waals surface area contributed by atoms with Crippen molar-refractivity contribution in [1.29, 1.82) is 0 Å². The van der Waals surface area contributed by atoms with Gasteiger partial charge in [-0.15, -0.1) is 0 Å². The minimum atomic E-state index is -4.69. The molecule has 1 atom stereocenters. The third kappa shape index (κ3) is 5.21. The van der Waals surface area contributed by atoms with Gasteiger partial charge in [-0.3, -0.25) is 4.98 Å². The second-order valence-corrected chi connectivity index (χ2v) is 14.8. The normalized spacial score (nSPS) is 18.4. The van der Waals surface area contributed by atoms with E-state index in [1.807, 2.05) is 19.6 Å². The van der Waals surface area contributed by atoms with Crippen LogP contribution < -0.4 is 0 Å². The molecule has 1 aliphatic rings. The fraction of sp³-hybridized carbons (Fsp3) is 0.381. The Hall–Kier alpha value is -2.24. The number of pyridine rings is 1. The van der Waals surface area contributed by atoms with E-state index in [0.717, 1.165) is 10.4 Å². The molecule has 2 heterocycles. The summed E-state index contributed by atoms with van der Waals surface area (Å²) in [4.78, 5) is 2.87. The summed E-state index contributed by atoms with van der Waals surface area (Å²) in [6.45, 7) is 7.51. The van der Waals surface area contributed by atoms with Crippen molar-refractivity contribution < 1.29 is 30.4 Å². The summed E-state index contributed by atoms with van der Waals surface area (Å²) in [5.41, 5.74) is -0.418. The Morgan fingerprint density at radius 3 is 2.38 bits per heavy atom. The van der Waals surface area contributed by atoms with Crippen LogP contribution in [0.4, 0.5) is 17.6 Å². The minimum Gasteiger partial charge on any atom is -0.547 e. The van der Waals surface area contributed by atoms with Gasteiger partial charge >= 0.3 is 6.18 Å². The summed E-state index contributed by atoms with van der Waals surface area (Å²) in [6.07, 6.45) is -2.27. The standard InChI is InChI=1S/C21H24F4N2O3SSi/c1-14-6-5-7-17(22)20(14)18-12-15(30-32(2,3)4)10-11-27(18)31(28,29)16-8-9-19(26-13-16)21(23,24)25/h5-10,13,18H,11-12H2,1-4H3. The molecular formula is C21H24F4N2O3SSi. The van der Waals surface area contributed by atoms with Crippen LogP contribution in [-0.2, 0) is 20.6 Å². The van der Waals surface area contributed by atoms with Crippen LogP contribution in [0.2, 0.25) is 19.6 Å². The van der Waals surface area contributed by atoms with Gasteiger partial charge in [-0.1, -0.05) is 12.1 Å². The van der Waals surface area contributed by atoms with Gasteiger partial charge in [-0.05, 0) is 56.4 Å². The molecule has 2 aromatic rings. The highest BCUT2D eigenvalue weighted by molar-refractivity contribution is 7.89. The Morgan fingerprint density at radius 2 is 1.84 bits per heavy atom. The zero-order valence-corrected chi connectivity index (χ0v) is 19.9. The summed E-state index contributed by atoms with van der Waals surface area (Å²) in [7, 11) is -6.28. The lowest BCUT2D eigenvalue weighted by Crippen LogP contribution is -2.40. The molecule has 1 unspecified atom stereocenters. The Kier molecular flexibility index (Phi) is 6.56. The first-order chi connectivity index (χ1) is 14.7. The van der Waals surface area contributed by atoms with E-state index in [4.69, 9.17) is 4.43 Å². The molecule has 32 heavy (non-hydrogen) atoms. The number of nitrogens with zero attached hydrogens (tertiary/aromatic N) is 2. The van der Waals surface area contributed by atoms with E-state index in [1.165, 1.54) is 12.1 Å². The predicted molar refractivity (Wildman–Crippen MR) is 114 cm³/mol. The molecule has 1 aromatic carbocycles. The van der Waals surface area contributed by atoms with Crippen molar-refractivity contribution in [1.82, 2.24) is 9.29 Å². The van der Waals surface area contributed by atoms with Crippen molar-refractivity contribution in [3.63, 3.8) is 0 Å². The van der Waals surface area contributed by atoms with Gasteiger partial charge < -0.3 is 4.43 Å². The zero-order valence-electron chi connectivity index (χ0n) is 18.1. The highest BCUT2D eigenvalue weighted by atomic mass is 32.2. The summed E-state index contributed by atoms with van der Waals surface area (Å²) in [6, 6.07) is 5.04. The Labute approximate surface area is 185 Å². The van der Waals surface area contributed by atoms with E-state index in [-0.39, 0.29) is 18.5 Å². The van der Waals surface area contributed by atoms with Crippen molar-refractivity contribution in [2.75, 3.05) is 6.54 Å². The van der Waals surface area contributed by atoms with E-state index in [9.17, 15) is 26.0 Å². The lowest BCUT2D eigenvalue weighted by atomic mass is 9.95. The molecule has 174 valence electrons. The number of alkyl halides is 3. The van der Waals surface area contributed by atoms with Crippen LogP contribution in [0.3, 0.4) is 0 Å². The summed E-state index contributed by atoms with van der Waals surface area (Å²) >= 11 is 0. The average molecular weight is 489 g/mol. The van der Waals surface area contributed by atoms with Crippen LogP contribution in [-0.4, -0.2) is 32.6 Å². The number of aromatic nitrogens is 1. The van der Waals surface area contributed by atoms with Gasteiger partial charge in [0.2, 0.25) is 18.3 Å².